The number of hydrogen-bond acceptors (Lipinski definition) is 4. The van der Waals surface area contributed by atoms with Gasteiger partial charge in [-0.15, -0.1) is 0 Å². The predicted octanol–water partition coefficient (Wildman–Crippen LogP) is 1.60. The Labute approximate surface area is 100 Å². The van der Waals surface area contributed by atoms with Gasteiger partial charge in [-0.2, -0.15) is 0 Å². The Kier molecular flexibility index (Phi) is 4.82. The van der Waals surface area contributed by atoms with Crippen LogP contribution in [0.25, 0.3) is 0 Å². The highest BCUT2D eigenvalue weighted by Gasteiger charge is 2.13. The van der Waals surface area contributed by atoms with Crippen LogP contribution in [-0.2, 0) is 19.1 Å². The lowest BCUT2D eigenvalue weighted by molar-refractivity contribution is -0.144. The maximum atomic E-state index is 11.3. The lowest BCUT2D eigenvalue weighted by atomic mass is 10.0. The molecular weight excluding hydrogens is 220 g/mol. The standard InChI is InChI=1S/C13H16O4/c1-9(2)7-13(16)17-6-5-10-8-11(14)3-4-12(10)15/h3-4,8-9H,5-7H2,1-2H3. The molecule has 0 N–H and O–H groups in total. The van der Waals surface area contributed by atoms with Crippen LogP contribution in [-0.4, -0.2) is 24.1 Å². The molecule has 17 heavy (non-hydrogen) atoms. The predicted molar refractivity (Wildman–Crippen MR) is 62.3 cm³/mol. The third-order valence-electron chi connectivity index (χ3n) is 2.24. The van der Waals surface area contributed by atoms with Gasteiger partial charge in [0.25, 0.3) is 0 Å². The molecule has 0 heterocycles. The minimum atomic E-state index is -0.272. The van der Waals surface area contributed by atoms with Crippen molar-refractivity contribution in [2.24, 2.45) is 5.92 Å². The monoisotopic (exact) mass is 236 g/mol. The van der Waals surface area contributed by atoms with E-state index >= 15 is 0 Å². The molecule has 92 valence electrons. The number of allylic oxidation sites excluding steroid dienone is 3. The summed E-state index contributed by atoms with van der Waals surface area (Å²) in [6, 6.07) is 0. The Morgan fingerprint density at radius 3 is 2.65 bits per heavy atom. The number of ether oxygens (including phenoxy) is 1. The Hall–Kier alpha value is -1.71. The van der Waals surface area contributed by atoms with Crippen LogP contribution in [0.1, 0.15) is 26.7 Å². The van der Waals surface area contributed by atoms with Gasteiger partial charge in [0.2, 0.25) is 0 Å². The van der Waals surface area contributed by atoms with Crippen LogP contribution < -0.4 is 0 Å². The summed E-state index contributed by atoms with van der Waals surface area (Å²) in [4.78, 5) is 33.6. The van der Waals surface area contributed by atoms with E-state index in [1.54, 1.807) is 0 Å². The van der Waals surface area contributed by atoms with E-state index in [1.165, 1.54) is 18.2 Å². The van der Waals surface area contributed by atoms with Gasteiger partial charge in [-0.25, -0.2) is 0 Å². The molecule has 0 aromatic rings. The van der Waals surface area contributed by atoms with Gasteiger partial charge in [-0.1, -0.05) is 13.8 Å². The lowest BCUT2D eigenvalue weighted by Crippen LogP contribution is -2.13. The van der Waals surface area contributed by atoms with E-state index in [0.717, 1.165) is 0 Å². The number of ketones is 2. The summed E-state index contributed by atoms with van der Waals surface area (Å²) in [6.07, 6.45) is 4.42. The topological polar surface area (TPSA) is 60.4 Å². The molecule has 0 unspecified atom stereocenters. The smallest absolute Gasteiger partial charge is 0.306 e. The Morgan fingerprint density at radius 1 is 1.29 bits per heavy atom. The van der Waals surface area contributed by atoms with Crippen LogP contribution in [0.2, 0.25) is 0 Å². The molecule has 0 aromatic heterocycles. The maximum Gasteiger partial charge on any atom is 0.306 e. The van der Waals surface area contributed by atoms with E-state index in [0.29, 0.717) is 18.4 Å². The summed E-state index contributed by atoms with van der Waals surface area (Å²) in [5.41, 5.74) is 0.398. The van der Waals surface area contributed by atoms with Gasteiger partial charge in [0.1, 0.15) is 0 Å². The summed E-state index contributed by atoms with van der Waals surface area (Å²) in [7, 11) is 0. The zero-order valence-electron chi connectivity index (χ0n) is 10.1. The largest absolute Gasteiger partial charge is 0.465 e. The zero-order chi connectivity index (χ0) is 12.8. The van der Waals surface area contributed by atoms with Crippen LogP contribution in [0.4, 0.5) is 0 Å². The normalized spacial score (nSPS) is 15.1. The highest BCUT2D eigenvalue weighted by atomic mass is 16.5. The highest BCUT2D eigenvalue weighted by Crippen LogP contribution is 2.10. The summed E-state index contributed by atoms with van der Waals surface area (Å²) < 4.78 is 4.97. The molecule has 0 bridgehead atoms. The van der Waals surface area contributed by atoms with Crippen molar-refractivity contribution in [2.45, 2.75) is 26.7 Å². The van der Waals surface area contributed by atoms with Crippen LogP contribution in [0, 0.1) is 5.92 Å². The molecule has 0 saturated heterocycles. The first-order valence-corrected chi connectivity index (χ1v) is 5.61. The van der Waals surface area contributed by atoms with Crippen molar-refractivity contribution >= 4 is 17.5 Å². The van der Waals surface area contributed by atoms with E-state index in [4.69, 9.17) is 4.74 Å². The molecule has 0 fully saturated rings. The lowest BCUT2D eigenvalue weighted by Gasteiger charge is -2.08. The number of esters is 1. The molecule has 1 aliphatic carbocycles. The fourth-order valence-electron chi connectivity index (χ4n) is 1.42. The van der Waals surface area contributed by atoms with Crippen LogP contribution >= 0.6 is 0 Å². The van der Waals surface area contributed by atoms with Crippen molar-refractivity contribution in [2.75, 3.05) is 6.61 Å². The second-order valence-corrected chi connectivity index (χ2v) is 4.34. The molecule has 0 spiro atoms. The fourth-order valence-corrected chi connectivity index (χ4v) is 1.42. The van der Waals surface area contributed by atoms with Gasteiger partial charge in [0, 0.05) is 18.4 Å². The quantitative estimate of drug-likeness (QED) is 0.537. The van der Waals surface area contributed by atoms with Crippen molar-refractivity contribution in [1.29, 1.82) is 0 Å². The van der Waals surface area contributed by atoms with E-state index in [9.17, 15) is 14.4 Å². The number of carbonyl (C=O) groups excluding carboxylic acids is 3. The number of hydrogen-bond donors (Lipinski definition) is 0. The average molecular weight is 236 g/mol. The zero-order valence-corrected chi connectivity index (χ0v) is 10.1. The summed E-state index contributed by atoms with van der Waals surface area (Å²) in [5, 5.41) is 0. The molecule has 1 aliphatic rings. The first-order chi connectivity index (χ1) is 7.99. The molecule has 0 radical (unpaired) electrons. The van der Waals surface area contributed by atoms with Gasteiger partial charge in [0.05, 0.1) is 6.61 Å². The number of carbonyl (C=O) groups is 3. The van der Waals surface area contributed by atoms with Crippen molar-refractivity contribution in [3.05, 3.63) is 23.8 Å². The third-order valence-corrected chi connectivity index (χ3v) is 2.24. The second-order valence-electron chi connectivity index (χ2n) is 4.34. The summed E-state index contributed by atoms with van der Waals surface area (Å²) >= 11 is 0. The van der Waals surface area contributed by atoms with Crippen molar-refractivity contribution in [3.8, 4) is 0 Å². The van der Waals surface area contributed by atoms with Gasteiger partial charge >= 0.3 is 5.97 Å². The molecule has 0 saturated carbocycles. The molecule has 0 amide bonds. The first-order valence-electron chi connectivity index (χ1n) is 5.61. The van der Waals surface area contributed by atoms with E-state index in [-0.39, 0.29) is 30.1 Å². The van der Waals surface area contributed by atoms with E-state index in [1.807, 2.05) is 13.8 Å². The van der Waals surface area contributed by atoms with Crippen LogP contribution in [0.5, 0.6) is 0 Å². The summed E-state index contributed by atoms with van der Waals surface area (Å²) in [5.74, 6) is -0.411. The molecule has 0 atom stereocenters. The van der Waals surface area contributed by atoms with Crippen molar-refractivity contribution < 1.29 is 19.1 Å². The Morgan fingerprint density at radius 2 is 2.00 bits per heavy atom. The summed E-state index contributed by atoms with van der Waals surface area (Å²) in [6.45, 7) is 4.00. The molecule has 4 nitrogen and oxygen atoms in total. The van der Waals surface area contributed by atoms with Crippen LogP contribution in [0.3, 0.4) is 0 Å². The van der Waals surface area contributed by atoms with E-state index in [2.05, 4.69) is 0 Å². The molecule has 0 aliphatic heterocycles. The van der Waals surface area contributed by atoms with E-state index < -0.39 is 0 Å². The first kappa shape index (κ1) is 13.4. The van der Waals surface area contributed by atoms with Gasteiger partial charge < -0.3 is 4.74 Å². The van der Waals surface area contributed by atoms with Crippen molar-refractivity contribution in [1.82, 2.24) is 0 Å². The third kappa shape index (κ3) is 4.76. The number of rotatable bonds is 5. The Balaban J connectivity index is 2.34. The SMILES string of the molecule is CC(C)CC(=O)OCCC1=CC(=O)C=CC1=O. The maximum absolute atomic E-state index is 11.3. The fraction of sp³-hybridized carbons (Fsp3) is 0.462. The van der Waals surface area contributed by atoms with Crippen molar-refractivity contribution in [3.63, 3.8) is 0 Å². The molecule has 4 heteroatoms. The highest BCUT2D eigenvalue weighted by molar-refractivity contribution is 6.17. The molecule has 0 aromatic carbocycles. The average Bonchev–Trinajstić information content (AvgIpc) is 2.22. The molecular formula is C13H16O4. The second kappa shape index (κ2) is 6.13. The van der Waals surface area contributed by atoms with Gasteiger partial charge in [-0.3, -0.25) is 14.4 Å². The van der Waals surface area contributed by atoms with Gasteiger partial charge in [0.15, 0.2) is 11.6 Å². The van der Waals surface area contributed by atoms with Crippen LogP contribution in [0.15, 0.2) is 23.8 Å². The minimum Gasteiger partial charge on any atom is -0.465 e. The molecule has 1 rings (SSSR count). The Bertz CT molecular complexity index is 388. The van der Waals surface area contributed by atoms with Gasteiger partial charge in [-0.05, 0) is 24.1 Å². The minimum absolute atomic E-state index is 0.143.